The van der Waals surface area contributed by atoms with E-state index in [0.29, 0.717) is 11.5 Å². The molecule has 20 heavy (non-hydrogen) atoms. The number of allylic oxidation sites excluding steroid dienone is 3. The van der Waals surface area contributed by atoms with Crippen LogP contribution in [0.25, 0.3) is 0 Å². The van der Waals surface area contributed by atoms with Crippen LogP contribution < -0.4 is 4.74 Å². The zero-order valence-corrected chi connectivity index (χ0v) is 11.4. The van der Waals surface area contributed by atoms with Crippen molar-refractivity contribution in [3.8, 4) is 18.3 Å². The van der Waals surface area contributed by atoms with E-state index in [0.717, 1.165) is 24.8 Å². The summed E-state index contributed by atoms with van der Waals surface area (Å²) in [5, 5.41) is 16.9. The number of nitrogens with zero attached hydrogens (tertiary/aromatic N) is 2. The molecule has 0 aliphatic carbocycles. The van der Waals surface area contributed by atoms with Gasteiger partial charge in [0.15, 0.2) is 0 Å². The maximum Gasteiger partial charge on any atom is 0.292 e. The smallest absolute Gasteiger partial charge is 0.292 e. The van der Waals surface area contributed by atoms with Crippen LogP contribution in [0.2, 0.25) is 0 Å². The van der Waals surface area contributed by atoms with E-state index in [1.807, 2.05) is 31.2 Å². The summed E-state index contributed by atoms with van der Waals surface area (Å²) in [7, 11) is 0. The minimum Gasteiger partial charge on any atom is -0.388 e. The maximum atomic E-state index is 8.49. The second-order valence-electron chi connectivity index (χ2n) is 3.99. The summed E-state index contributed by atoms with van der Waals surface area (Å²) in [4.78, 5) is 0. The van der Waals surface area contributed by atoms with Gasteiger partial charge in [0.05, 0.1) is 0 Å². The van der Waals surface area contributed by atoms with Crippen molar-refractivity contribution in [3.63, 3.8) is 0 Å². The molecule has 4 heteroatoms. The SMILES string of the molecule is CC/C=C(\C=C/CCc1ccc(OC#N)cc1)OC#N. The zero-order chi connectivity index (χ0) is 14.6. The van der Waals surface area contributed by atoms with E-state index in [9.17, 15) is 0 Å². The van der Waals surface area contributed by atoms with E-state index in [4.69, 9.17) is 20.0 Å². The first-order chi connectivity index (χ1) is 9.80. The van der Waals surface area contributed by atoms with Crippen molar-refractivity contribution in [2.45, 2.75) is 26.2 Å². The third-order valence-electron chi connectivity index (χ3n) is 2.54. The van der Waals surface area contributed by atoms with E-state index in [1.54, 1.807) is 30.7 Å². The summed E-state index contributed by atoms with van der Waals surface area (Å²) in [6, 6.07) is 7.39. The third-order valence-corrected chi connectivity index (χ3v) is 2.54. The second-order valence-corrected chi connectivity index (χ2v) is 3.99. The Morgan fingerprint density at radius 3 is 2.55 bits per heavy atom. The number of rotatable bonds is 7. The molecule has 0 N–H and O–H groups in total. The van der Waals surface area contributed by atoms with E-state index in [2.05, 4.69) is 0 Å². The van der Waals surface area contributed by atoms with Crippen molar-refractivity contribution in [1.29, 1.82) is 10.5 Å². The lowest BCUT2D eigenvalue weighted by Crippen LogP contribution is -1.86. The average molecular weight is 268 g/mol. The van der Waals surface area contributed by atoms with Gasteiger partial charge in [0.25, 0.3) is 12.5 Å². The molecule has 0 saturated carbocycles. The lowest BCUT2D eigenvalue weighted by molar-refractivity contribution is 0.390. The summed E-state index contributed by atoms with van der Waals surface area (Å²) < 4.78 is 9.52. The fourth-order valence-corrected chi connectivity index (χ4v) is 1.62. The predicted octanol–water partition coefficient (Wildman–Crippen LogP) is 3.83. The van der Waals surface area contributed by atoms with E-state index >= 15 is 0 Å². The van der Waals surface area contributed by atoms with Crippen molar-refractivity contribution in [3.05, 3.63) is 53.8 Å². The van der Waals surface area contributed by atoms with Gasteiger partial charge in [-0.1, -0.05) is 25.1 Å². The van der Waals surface area contributed by atoms with Crippen molar-refractivity contribution in [2.24, 2.45) is 0 Å². The zero-order valence-electron chi connectivity index (χ0n) is 11.4. The Hall–Kier alpha value is -2.72. The van der Waals surface area contributed by atoms with E-state index in [1.165, 1.54) is 0 Å². The molecule has 0 aliphatic heterocycles. The quantitative estimate of drug-likeness (QED) is 0.428. The Balaban J connectivity index is 2.45. The molecule has 0 unspecified atom stereocenters. The predicted molar refractivity (Wildman–Crippen MR) is 75.2 cm³/mol. The van der Waals surface area contributed by atoms with Crippen LogP contribution in [-0.4, -0.2) is 0 Å². The molecule has 4 nitrogen and oxygen atoms in total. The number of hydrogen-bond donors (Lipinski definition) is 0. The lowest BCUT2D eigenvalue weighted by atomic mass is 10.1. The molecule has 0 radical (unpaired) electrons. The van der Waals surface area contributed by atoms with Gasteiger partial charge in [-0.15, -0.1) is 10.5 Å². The molecule has 1 aromatic carbocycles. The summed E-state index contributed by atoms with van der Waals surface area (Å²) in [5.41, 5.74) is 1.15. The maximum absolute atomic E-state index is 8.49. The van der Waals surface area contributed by atoms with Crippen LogP contribution in [0, 0.1) is 23.0 Å². The summed E-state index contributed by atoms with van der Waals surface area (Å²) in [6.07, 6.45) is 11.5. The first kappa shape index (κ1) is 15.3. The van der Waals surface area contributed by atoms with Crippen molar-refractivity contribution in [2.75, 3.05) is 0 Å². The lowest BCUT2D eigenvalue weighted by Gasteiger charge is -2.00. The van der Waals surface area contributed by atoms with Crippen molar-refractivity contribution < 1.29 is 9.47 Å². The number of aryl methyl sites for hydroxylation is 1. The standard InChI is InChI=1S/C16H16N2O2/c1-2-5-15(19-12-17)7-4-3-6-14-8-10-16(11-9-14)20-13-18/h4-5,7-11H,2-3,6H2,1H3/b7-4-,15-5+. The van der Waals surface area contributed by atoms with Crippen LogP contribution in [0.5, 0.6) is 5.75 Å². The van der Waals surface area contributed by atoms with Gasteiger partial charge in [0, 0.05) is 0 Å². The minimum absolute atomic E-state index is 0.544. The topological polar surface area (TPSA) is 66.0 Å². The fraction of sp³-hybridized carbons (Fsp3) is 0.250. The van der Waals surface area contributed by atoms with Gasteiger partial charge in [-0.25, -0.2) is 0 Å². The molecule has 0 heterocycles. The van der Waals surface area contributed by atoms with Crippen LogP contribution in [-0.2, 0) is 11.2 Å². The van der Waals surface area contributed by atoms with Gasteiger partial charge in [0.1, 0.15) is 11.5 Å². The Morgan fingerprint density at radius 1 is 1.20 bits per heavy atom. The highest BCUT2D eigenvalue weighted by Crippen LogP contribution is 2.13. The molecule has 0 amide bonds. The Kier molecular flexibility index (Phi) is 7.09. The van der Waals surface area contributed by atoms with Crippen LogP contribution >= 0.6 is 0 Å². The number of ether oxygens (including phenoxy) is 2. The number of benzene rings is 1. The molecule has 0 aliphatic rings. The normalized spacial score (nSPS) is 10.8. The fourth-order valence-electron chi connectivity index (χ4n) is 1.62. The Morgan fingerprint density at radius 2 is 1.95 bits per heavy atom. The molecule has 1 rings (SSSR count). The molecule has 0 fully saturated rings. The molecule has 0 aromatic heterocycles. The van der Waals surface area contributed by atoms with Crippen molar-refractivity contribution >= 4 is 0 Å². The van der Waals surface area contributed by atoms with E-state index < -0.39 is 0 Å². The molecular formula is C16H16N2O2. The van der Waals surface area contributed by atoms with Gasteiger partial charge >= 0.3 is 0 Å². The third kappa shape index (κ3) is 5.75. The minimum atomic E-state index is 0.544. The van der Waals surface area contributed by atoms with Crippen LogP contribution in [0.3, 0.4) is 0 Å². The molecule has 0 atom stereocenters. The van der Waals surface area contributed by atoms with Gasteiger partial charge in [-0.2, -0.15) is 0 Å². The van der Waals surface area contributed by atoms with Gasteiger partial charge in [-0.05, 0) is 49.1 Å². The molecule has 1 aromatic rings. The molecule has 102 valence electrons. The first-order valence-corrected chi connectivity index (χ1v) is 6.37. The van der Waals surface area contributed by atoms with Crippen LogP contribution in [0.15, 0.2) is 48.3 Å². The summed E-state index contributed by atoms with van der Waals surface area (Å²) in [6.45, 7) is 1.99. The number of hydrogen-bond acceptors (Lipinski definition) is 4. The molecule has 0 spiro atoms. The van der Waals surface area contributed by atoms with Crippen molar-refractivity contribution in [1.82, 2.24) is 0 Å². The largest absolute Gasteiger partial charge is 0.388 e. The first-order valence-electron chi connectivity index (χ1n) is 6.37. The van der Waals surface area contributed by atoms with Gasteiger partial charge in [0.2, 0.25) is 0 Å². The second kappa shape index (κ2) is 9.24. The highest BCUT2D eigenvalue weighted by molar-refractivity contribution is 5.28. The van der Waals surface area contributed by atoms with Gasteiger partial charge < -0.3 is 9.47 Å². The Bertz CT molecular complexity index is 545. The summed E-state index contributed by atoms with van der Waals surface area (Å²) >= 11 is 0. The highest BCUT2D eigenvalue weighted by Gasteiger charge is 1.95. The van der Waals surface area contributed by atoms with Crippen LogP contribution in [0.4, 0.5) is 0 Å². The highest BCUT2D eigenvalue weighted by atomic mass is 16.5. The monoisotopic (exact) mass is 268 g/mol. The Labute approximate surface area is 119 Å². The molecular weight excluding hydrogens is 252 g/mol. The van der Waals surface area contributed by atoms with Gasteiger partial charge in [-0.3, -0.25) is 0 Å². The van der Waals surface area contributed by atoms with E-state index in [-0.39, 0.29) is 0 Å². The average Bonchev–Trinajstić information content (AvgIpc) is 2.46. The molecule has 0 bridgehead atoms. The number of nitriles is 2. The molecule has 0 saturated heterocycles. The summed E-state index contributed by atoms with van der Waals surface area (Å²) in [5.74, 6) is 1.12. The van der Waals surface area contributed by atoms with Crippen LogP contribution in [0.1, 0.15) is 25.3 Å².